The Hall–Kier alpha value is -2.15. The molecule has 1 saturated carbocycles. The largest absolute Gasteiger partial charge is 0.480 e. The molecule has 1 aromatic rings. The molecule has 0 radical (unpaired) electrons. The lowest BCUT2D eigenvalue weighted by atomic mass is 9.84. The molecule has 2 aliphatic rings. The van der Waals surface area contributed by atoms with Crippen LogP contribution in [0.1, 0.15) is 50.5 Å². The van der Waals surface area contributed by atoms with Crippen molar-refractivity contribution in [1.29, 1.82) is 0 Å². The lowest BCUT2D eigenvalue weighted by Gasteiger charge is -2.23. The quantitative estimate of drug-likeness (QED) is 0.572. The molecule has 1 aromatic carbocycles. The zero-order valence-corrected chi connectivity index (χ0v) is 16.0. The van der Waals surface area contributed by atoms with Gasteiger partial charge in [-0.1, -0.05) is 43.5 Å². The summed E-state index contributed by atoms with van der Waals surface area (Å²) in [5, 5.41) is 11.9. The molecule has 2 aliphatic carbocycles. The summed E-state index contributed by atoms with van der Waals surface area (Å²) in [6.07, 6.45) is 8.12. The first-order valence-corrected chi connectivity index (χ1v) is 11.1. The molecule has 0 saturated heterocycles. The molecule has 0 unspecified atom stereocenters. The molecule has 7 heteroatoms. The highest BCUT2D eigenvalue weighted by atomic mass is 32.2. The van der Waals surface area contributed by atoms with Crippen molar-refractivity contribution in [3.8, 4) is 0 Å². The van der Waals surface area contributed by atoms with E-state index < -0.39 is 27.1 Å². The van der Waals surface area contributed by atoms with Crippen LogP contribution >= 0.6 is 0 Å². The van der Waals surface area contributed by atoms with Gasteiger partial charge in [0.25, 0.3) is 0 Å². The minimum Gasteiger partial charge on any atom is -0.480 e. The van der Waals surface area contributed by atoms with E-state index in [9.17, 15) is 23.1 Å². The van der Waals surface area contributed by atoms with Gasteiger partial charge in [-0.15, -0.1) is 0 Å². The Morgan fingerprint density at radius 3 is 2.41 bits per heavy atom. The molecule has 0 spiro atoms. The number of sulfone groups is 1. The van der Waals surface area contributed by atoms with E-state index in [0.717, 1.165) is 19.3 Å². The van der Waals surface area contributed by atoms with Crippen LogP contribution in [-0.4, -0.2) is 30.7 Å². The summed E-state index contributed by atoms with van der Waals surface area (Å²) in [6, 6.07) is 6.67. The van der Waals surface area contributed by atoms with Gasteiger partial charge in [0.1, 0.15) is 0 Å². The van der Waals surface area contributed by atoms with Crippen molar-refractivity contribution < 1.29 is 23.1 Å². The topological polar surface area (TPSA) is 101 Å². The van der Waals surface area contributed by atoms with E-state index in [1.165, 1.54) is 0 Å². The third kappa shape index (κ3) is 4.24. The highest BCUT2D eigenvalue weighted by Gasteiger charge is 2.46. The second-order valence-corrected chi connectivity index (χ2v) is 9.77. The van der Waals surface area contributed by atoms with Crippen molar-refractivity contribution in [3.63, 3.8) is 0 Å². The smallest absolute Gasteiger partial charge is 0.319 e. The Morgan fingerprint density at radius 2 is 1.78 bits per heavy atom. The van der Waals surface area contributed by atoms with Crippen molar-refractivity contribution in [1.82, 2.24) is 0 Å². The molecule has 0 heterocycles. The number of aliphatic carboxylic acids is 1. The zero-order chi connectivity index (χ0) is 19.5. The first kappa shape index (κ1) is 19.6. The number of carbonyl (C=O) groups excluding carboxylic acids is 1. The van der Waals surface area contributed by atoms with Gasteiger partial charge >= 0.3 is 5.97 Å². The third-order valence-corrected chi connectivity index (χ3v) is 7.78. The number of benzene rings is 1. The Kier molecular flexibility index (Phi) is 5.69. The SMILES string of the molecule is O=C(O)C1(C(=O)Nc2cccc(CS(=O)(=O)C3CCCCC3)c2)CC=CC1. The van der Waals surface area contributed by atoms with E-state index >= 15 is 0 Å². The molecule has 0 aliphatic heterocycles. The fraction of sp³-hybridized carbons (Fsp3) is 0.500. The molecule has 1 fully saturated rings. The lowest BCUT2D eigenvalue weighted by molar-refractivity contribution is -0.153. The van der Waals surface area contributed by atoms with Gasteiger partial charge in [-0.05, 0) is 43.4 Å². The number of carbonyl (C=O) groups is 2. The van der Waals surface area contributed by atoms with Crippen LogP contribution in [0.4, 0.5) is 5.69 Å². The van der Waals surface area contributed by atoms with Gasteiger partial charge in [-0.25, -0.2) is 8.42 Å². The maximum absolute atomic E-state index is 12.7. The predicted molar refractivity (Wildman–Crippen MR) is 103 cm³/mol. The molecule has 0 atom stereocenters. The second kappa shape index (κ2) is 7.84. The number of anilines is 1. The number of carboxylic acids is 1. The minimum atomic E-state index is -3.24. The van der Waals surface area contributed by atoms with Crippen molar-refractivity contribution in [3.05, 3.63) is 42.0 Å². The molecule has 1 amide bonds. The number of nitrogens with one attached hydrogen (secondary N) is 1. The van der Waals surface area contributed by atoms with E-state index in [1.807, 2.05) is 0 Å². The average molecular weight is 391 g/mol. The maximum Gasteiger partial charge on any atom is 0.319 e. The maximum atomic E-state index is 12.7. The van der Waals surface area contributed by atoms with Gasteiger partial charge in [0.2, 0.25) is 5.91 Å². The summed E-state index contributed by atoms with van der Waals surface area (Å²) in [5.74, 6) is -1.79. The van der Waals surface area contributed by atoms with Gasteiger partial charge in [-0.2, -0.15) is 0 Å². The zero-order valence-electron chi connectivity index (χ0n) is 15.2. The highest BCUT2D eigenvalue weighted by Crippen LogP contribution is 2.35. The standard InChI is InChI=1S/C20H25NO5S/c22-18(20(19(23)24)11-4-5-12-20)21-16-8-6-7-15(13-16)14-27(25,26)17-9-2-1-3-10-17/h4-8,13,17H,1-3,9-12,14H2,(H,21,22)(H,23,24). The third-order valence-electron chi connectivity index (χ3n) is 5.56. The number of allylic oxidation sites excluding steroid dienone is 2. The number of hydrogen-bond acceptors (Lipinski definition) is 4. The number of rotatable bonds is 6. The second-order valence-electron chi connectivity index (χ2n) is 7.49. The average Bonchev–Trinajstić information content (AvgIpc) is 3.14. The first-order valence-electron chi connectivity index (χ1n) is 9.34. The van der Waals surface area contributed by atoms with Gasteiger partial charge in [0.15, 0.2) is 15.3 Å². The Labute approximate surface area is 159 Å². The number of carboxylic acid groups (broad SMARTS) is 1. The van der Waals surface area contributed by atoms with Gasteiger partial charge in [0, 0.05) is 5.69 Å². The lowest BCUT2D eigenvalue weighted by Crippen LogP contribution is -2.41. The molecule has 0 aromatic heterocycles. The molecule has 0 bridgehead atoms. The molecule has 27 heavy (non-hydrogen) atoms. The highest BCUT2D eigenvalue weighted by molar-refractivity contribution is 7.91. The fourth-order valence-corrected chi connectivity index (χ4v) is 5.80. The van der Waals surface area contributed by atoms with Gasteiger partial charge in [-0.3, -0.25) is 9.59 Å². The van der Waals surface area contributed by atoms with E-state index in [4.69, 9.17) is 0 Å². The molecule has 3 rings (SSSR count). The monoisotopic (exact) mass is 391 g/mol. The predicted octanol–water partition coefficient (Wildman–Crippen LogP) is 3.29. The van der Waals surface area contributed by atoms with E-state index in [0.29, 0.717) is 24.1 Å². The number of amides is 1. The Balaban J connectivity index is 1.72. The first-order chi connectivity index (χ1) is 12.8. The minimum absolute atomic E-state index is 0.0625. The van der Waals surface area contributed by atoms with Crippen LogP contribution in [0.5, 0.6) is 0 Å². The van der Waals surface area contributed by atoms with Crippen molar-refractivity contribution >= 4 is 27.4 Å². The summed E-state index contributed by atoms with van der Waals surface area (Å²) >= 11 is 0. The normalized spacial score (nSPS) is 19.7. The molecule has 2 N–H and O–H groups in total. The summed E-state index contributed by atoms with van der Waals surface area (Å²) in [7, 11) is -3.24. The van der Waals surface area contributed by atoms with Crippen molar-refractivity contribution in [2.75, 3.05) is 5.32 Å². The summed E-state index contributed by atoms with van der Waals surface area (Å²) < 4.78 is 25.3. The van der Waals surface area contributed by atoms with Crippen LogP contribution in [0.3, 0.4) is 0 Å². The summed E-state index contributed by atoms with van der Waals surface area (Å²) in [6.45, 7) is 0. The Morgan fingerprint density at radius 1 is 1.11 bits per heavy atom. The van der Waals surface area contributed by atoms with E-state index in [1.54, 1.807) is 36.4 Å². The Bertz CT molecular complexity index is 845. The van der Waals surface area contributed by atoms with E-state index in [-0.39, 0.29) is 23.8 Å². The van der Waals surface area contributed by atoms with Gasteiger partial charge in [0.05, 0.1) is 11.0 Å². The molecule has 6 nitrogen and oxygen atoms in total. The fourth-order valence-electron chi connectivity index (χ4n) is 3.87. The van der Waals surface area contributed by atoms with Crippen LogP contribution in [0.25, 0.3) is 0 Å². The summed E-state index contributed by atoms with van der Waals surface area (Å²) in [5.41, 5.74) is -0.458. The van der Waals surface area contributed by atoms with Crippen LogP contribution in [0.15, 0.2) is 36.4 Å². The molecular weight excluding hydrogens is 366 g/mol. The van der Waals surface area contributed by atoms with Crippen LogP contribution in [-0.2, 0) is 25.2 Å². The molecular formula is C20H25NO5S. The molecule has 146 valence electrons. The number of hydrogen-bond donors (Lipinski definition) is 2. The van der Waals surface area contributed by atoms with Crippen LogP contribution in [0.2, 0.25) is 0 Å². The van der Waals surface area contributed by atoms with Crippen LogP contribution in [0, 0.1) is 5.41 Å². The van der Waals surface area contributed by atoms with Crippen molar-refractivity contribution in [2.24, 2.45) is 5.41 Å². The van der Waals surface area contributed by atoms with Crippen LogP contribution < -0.4 is 5.32 Å². The van der Waals surface area contributed by atoms with Crippen molar-refractivity contribution in [2.45, 2.75) is 55.9 Å². The van der Waals surface area contributed by atoms with Gasteiger partial charge < -0.3 is 10.4 Å². The van der Waals surface area contributed by atoms with E-state index in [2.05, 4.69) is 5.32 Å². The summed E-state index contributed by atoms with van der Waals surface area (Å²) in [4.78, 5) is 24.2.